The number of nitrogens with one attached hydrogen (secondary N) is 2. The number of anilines is 4. The Kier molecular flexibility index (Phi) is 14.0. The van der Waals surface area contributed by atoms with Gasteiger partial charge >= 0.3 is 0 Å². The van der Waals surface area contributed by atoms with Crippen molar-refractivity contribution >= 4 is 34.2 Å². The molecule has 6 aromatic carbocycles. The first-order valence-electron chi connectivity index (χ1n) is 25.5. The molecule has 6 nitrogen and oxygen atoms in total. The largest absolute Gasteiger partial charge is 0.364 e. The molecule has 0 bridgehead atoms. The first-order chi connectivity index (χ1) is 34.8. The summed E-state index contributed by atoms with van der Waals surface area (Å²) in [6.45, 7) is 15.1. The maximum absolute atomic E-state index is 5.56. The van der Waals surface area contributed by atoms with Gasteiger partial charge in [-0.15, -0.1) is 0 Å². The van der Waals surface area contributed by atoms with Crippen molar-refractivity contribution in [1.29, 1.82) is 0 Å². The molecule has 0 aromatic heterocycles. The zero-order chi connectivity index (χ0) is 48.7. The van der Waals surface area contributed by atoms with Crippen LogP contribution in [-0.2, 0) is 12.1 Å². The number of hydrogen-bond acceptors (Lipinski definition) is 5. The zero-order valence-corrected chi connectivity index (χ0v) is 41.7. The number of nitrogens with zero attached hydrogens (tertiary/aromatic N) is 4. The van der Waals surface area contributed by atoms with Crippen molar-refractivity contribution in [2.75, 3.05) is 27.8 Å². The first-order valence-corrected chi connectivity index (χ1v) is 25.5. The molecule has 2 N–H and O–H groups in total. The predicted octanol–water partition coefficient (Wildman–Crippen LogP) is 15.2. The molecule has 0 saturated carbocycles. The SMILES string of the molecule is C=C1/C=C\C=C/CN(C(C)/N=C(\N[C@H](C)c2ccccc2)C2=CCC=CCC2)c2ccc(-c3cccc4c3C/C(=C\C=C/C)N4c3cccc(C4(C)NC(c5ccccc5)CN4c4ccccc4)c3)cc21. The molecule has 0 radical (unpaired) electrons. The number of rotatable bonds is 11. The number of hydrogen-bond donors (Lipinski definition) is 2. The Morgan fingerprint density at radius 3 is 2.35 bits per heavy atom. The summed E-state index contributed by atoms with van der Waals surface area (Å²) < 4.78 is 0. The van der Waals surface area contributed by atoms with Crippen LogP contribution in [0.1, 0.15) is 86.9 Å². The Hall–Kier alpha value is -7.67. The van der Waals surface area contributed by atoms with Gasteiger partial charge in [0.1, 0.15) is 17.7 Å². The third kappa shape index (κ3) is 9.91. The van der Waals surface area contributed by atoms with Gasteiger partial charge in [0, 0.05) is 53.9 Å². The highest BCUT2D eigenvalue weighted by Gasteiger charge is 2.44. The summed E-state index contributed by atoms with van der Waals surface area (Å²) in [7, 11) is 0. The van der Waals surface area contributed by atoms with Crippen LogP contribution in [0.4, 0.5) is 22.7 Å². The molecular formula is C65H66N6. The Balaban J connectivity index is 1.01. The van der Waals surface area contributed by atoms with Gasteiger partial charge in [-0.2, -0.15) is 0 Å². The van der Waals surface area contributed by atoms with Crippen molar-refractivity contribution in [2.24, 2.45) is 4.99 Å². The molecule has 4 aliphatic rings. The van der Waals surface area contributed by atoms with Crippen LogP contribution in [0.5, 0.6) is 0 Å². The van der Waals surface area contributed by atoms with Crippen molar-refractivity contribution in [2.45, 2.75) is 77.3 Å². The van der Waals surface area contributed by atoms with Crippen molar-refractivity contribution in [1.82, 2.24) is 10.6 Å². The summed E-state index contributed by atoms with van der Waals surface area (Å²) >= 11 is 0. The average molecular weight is 931 g/mol. The molecule has 1 saturated heterocycles. The van der Waals surface area contributed by atoms with E-state index in [1.54, 1.807) is 0 Å². The van der Waals surface area contributed by atoms with Crippen LogP contribution in [0.2, 0.25) is 0 Å². The highest BCUT2D eigenvalue weighted by Crippen LogP contribution is 2.48. The Morgan fingerprint density at radius 2 is 1.55 bits per heavy atom. The number of amidine groups is 1. The summed E-state index contributed by atoms with van der Waals surface area (Å²) in [4.78, 5) is 13.0. The van der Waals surface area contributed by atoms with E-state index in [2.05, 4.69) is 272 Å². The van der Waals surface area contributed by atoms with E-state index in [1.807, 2.05) is 0 Å². The topological polar surface area (TPSA) is 46.1 Å². The second-order valence-electron chi connectivity index (χ2n) is 19.2. The van der Waals surface area contributed by atoms with Gasteiger partial charge in [-0.1, -0.05) is 170 Å². The predicted molar refractivity (Wildman–Crippen MR) is 301 cm³/mol. The fourth-order valence-electron chi connectivity index (χ4n) is 10.8. The van der Waals surface area contributed by atoms with Crippen LogP contribution in [0.15, 0.2) is 235 Å². The second-order valence-corrected chi connectivity index (χ2v) is 19.2. The van der Waals surface area contributed by atoms with Gasteiger partial charge in [0.15, 0.2) is 0 Å². The van der Waals surface area contributed by atoms with Gasteiger partial charge in [-0.25, -0.2) is 4.99 Å². The number of aliphatic imine (C=N–C) groups is 1. The molecular weight excluding hydrogens is 865 g/mol. The number of para-hydroxylation sites is 1. The lowest BCUT2D eigenvalue weighted by molar-refractivity contribution is 0.409. The number of allylic oxidation sites excluding steroid dienone is 11. The minimum Gasteiger partial charge on any atom is -0.364 e. The molecule has 1 fully saturated rings. The average Bonchev–Trinajstić information content (AvgIpc) is 3.87. The molecule has 4 atom stereocenters. The molecule has 1 aliphatic carbocycles. The fraction of sp³-hybridized carbons (Fsp3) is 0.215. The second kappa shape index (κ2) is 21.1. The van der Waals surface area contributed by atoms with E-state index < -0.39 is 5.66 Å². The minimum atomic E-state index is -0.471. The van der Waals surface area contributed by atoms with Crippen LogP contribution in [0.3, 0.4) is 0 Å². The monoisotopic (exact) mass is 931 g/mol. The fourth-order valence-corrected chi connectivity index (χ4v) is 10.8. The first kappa shape index (κ1) is 47.0. The summed E-state index contributed by atoms with van der Waals surface area (Å²) in [5.74, 6) is 0.965. The maximum atomic E-state index is 5.56. The molecule has 6 aromatic rings. The molecule has 3 heterocycles. The lowest BCUT2D eigenvalue weighted by Crippen LogP contribution is -2.46. The number of benzene rings is 6. The van der Waals surface area contributed by atoms with E-state index in [4.69, 9.17) is 4.99 Å². The molecule has 10 rings (SSSR count). The summed E-state index contributed by atoms with van der Waals surface area (Å²) in [6, 6.07) is 55.5. The van der Waals surface area contributed by atoms with Crippen molar-refractivity contribution < 1.29 is 0 Å². The molecule has 0 amide bonds. The quantitative estimate of drug-likeness (QED) is 0.0770. The van der Waals surface area contributed by atoms with Crippen molar-refractivity contribution in [3.8, 4) is 11.1 Å². The van der Waals surface area contributed by atoms with Crippen LogP contribution < -0.4 is 25.3 Å². The van der Waals surface area contributed by atoms with Gasteiger partial charge in [-0.3, -0.25) is 5.32 Å². The Labute approximate surface area is 422 Å². The summed E-state index contributed by atoms with van der Waals surface area (Å²) in [5, 5.41) is 7.96. The highest BCUT2D eigenvalue weighted by atomic mass is 15.4. The van der Waals surface area contributed by atoms with Gasteiger partial charge in [0.2, 0.25) is 0 Å². The van der Waals surface area contributed by atoms with Gasteiger partial charge in [0.25, 0.3) is 0 Å². The van der Waals surface area contributed by atoms with E-state index in [9.17, 15) is 0 Å². The van der Waals surface area contributed by atoms with E-state index in [-0.39, 0.29) is 18.2 Å². The molecule has 0 spiro atoms. The third-order valence-electron chi connectivity index (χ3n) is 14.6. The lowest BCUT2D eigenvalue weighted by Gasteiger charge is -2.38. The van der Waals surface area contributed by atoms with Crippen LogP contribution in [0.25, 0.3) is 16.7 Å². The van der Waals surface area contributed by atoms with Gasteiger partial charge in [0.05, 0.1) is 11.7 Å². The highest BCUT2D eigenvalue weighted by molar-refractivity contribution is 5.99. The molecule has 71 heavy (non-hydrogen) atoms. The van der Waals surface area contributed by atoms with Crippen LogP contribution in [-0.4, -0.2) is 25.1 Å². The smallest absolute Gasteiger partial charge is 0.126 e. The van der Waals surface area contributed by atoms with Gasteiger partial charge in [-0.05, 0) is 140 Å². The molecule has 6 heteroatoms. The van der Waals surface area contributed by atoms with E-state index in [0.717, 1.165) is 60.6 Å². The van der Waals surface area contributed by atoms with E-state index >= 15 is 0 Å². The normalized spacial score (nSPS) is 21.5. The van der Waals surface area contributed by atoms with E-state index in [1.165, 1.54) is 56.0 Å². The van der Waals surface area contributed by atoms with Crippen molar-refractivity contribution in [3.63, 3.8) is 0 Å². The summed E-state index contributed by atoms with van der Waals surface area (Å²) in [6.07, 6.45) is 25.6. The maximum Gasteiger partial charge on any atom is 0.126 e. The number of fused-ring (bicyclic) bond motifs is 2. The molecule has 356 valence electrons. The Morgan fingerprint density at radius 1 is 0.789 bits per heavy atom. The molecule has 3 aliphatic heterocycles. The minimum absolute atomic E-state index is 0.0969. The van der Waals surface area contributed by atoms with Crippen LogP contribution in [0, 0.1) is 0 Å². The summed E-state index contributed by atoms with van der Waals surface area (Å²) in [5.41, 5.74) is 16.2. The Bertz CT molecular complexity index is 3080. The standard InChI is InChI=1S/C65H66N6/c1-6-7-34-57-45-60-58(38-25-39-63(60)71(57)56-37-24-33-54(44-56)65(5)68-61(51-29-19-11-20-30-51)46-70(65)55-35-21-12-22-36-55)53-40-41-62-59(43-53)47(2)26-14-13-23-42-69(62)49(4)67-64(52-31-15-8-9-16-32-52)66-48(3)50-27-17-10-18-28-50/h6-14,17-31,33-41,43-44,48-49,61,68H,2,15-16,32,42,45-46H2,1,3-5H3,(H,66,67)/b7-6-,23-13-,26-14-,57-34+/t48-,49?,61?,65?/m1/s1. The third-order valence-corrected chi connectivity index (χ3v) is 14.6. The lowest BCUT2D eigenvalue weighted by atomic mass is 9.93. The molecule has 3 unspecified atom stereocenters. The van der Waals surface area contributed by atoms with E-state index in [0.29, 0.717) is 6.54 Å². The van der Waals surface area contributed by atoms with Gasteiger partial charge < -0.3 is 20.0 Å². The van der Waals surface area contributed by atoms with Crippen LogP contribution >= 0.6 is 0 Å². The zero-order valence-electron chi connectivity index (χ0n) is 41.7. The van der Waals surface area contributed by atoms with Crippen molar-refractivity contribution in [3.05, 3.63) is 258 Å².